The standard InChI is InChI=1S/C22H31N3O2/c26-21(25-17-10-18-6-2-3-7-20(18)25)11-16-23-14-8-19(9-15-23)22(27)24-12-4-1-5-13-24/h2-3,6-7,19H,1,4-5,8-17H2. The molecule has 0 aromatic heterocycles. The predicted molar refractivity (Wildman–Crippen MR) is 107 cm³/mol. The lowest BCUT2D eigenvalue weighted by Gasteiger charge is -2.35. The van der Waals surface area contributed by atoms with Crippen LogP contribution in [0.5, 0.6) is 0 Å². The Bertz CT molecular complexity index is 676. The van der Waals surface area contributed by atoms with Crippen LogP contribution in [0.15, 0.2) is 24.3 Å². The van der Waals surface area contributed by atoms with Crippen LogP contribution in [-0.4, -0.2) is 60.9 Å². The van der Waals surface area contributed by atoms with Crippen LogP contribution in [-0.2, 0) is 16.0 Å². The van der Waals surface area contributed by atoms with E-state index in [2.05, 4.69) is 21.9 Å². The van der Waals surface area contributed by atoms with Gasteiger partial charge in [-0.05, 0) is 63.2 Å². The molecule has 0 saturated carbocycles. The van der Waals surface area contributed by atoms with Gasteiger partial charge in [0.05, 0.1) is 0 Å². The zero-order chi connectivity index (χ0) is 18.6. The average molecular weight is 370 g/mol. The highest BCUT2D eigenvalue weighted by Crippen LogP contribution is 2.28. The lowest BCUT2D eigenvalue weighted by Crippen LogP contribution is -2.45. The molecule has 0 aliphatic carbocycles. The van der Waals surface area contributed by atoms with E-state index in [0.717, 1.165) is 77.1 Å². The first-order chi connectivity index (χ1) is 13.2. The fourth-order valence-corrected chi connectivity index (χ4v) is 4.76. The summed E-state index contributed by atoms with van der Waals surface area (Å²) >= 11 is 0. The Labute approximate surface area is 162 Å². The van der Waals surface area contributed by atoms with Crippen LogP contribution in [0, 0.1) is 5.92 Å². The summed E-state index contributed by atoms with van der Waals surface area (Å²) in [7, 11) is 0. The number of para-hydroxylation sites is 1. The minimum atomic E-state index is 0.195. The van der Waals surface area contributed by atoms with E-state index in [0.29, 0.717) is 12.3 Å². The maximum atomic E-state index is 12.7. The lowest BCUT2D eigenvalue weighted by atomic mass is 9.94. The molecule has 27 heavy (non-hydrogen) atoms. The third-order valence-electron chi connectivity index (χ3n) is 6.43. The fraction of sp³-hybridized carbons (Fsp3) is 0.636. The van der Waals surface area contributed by atoms with Crippen molar-refractivity contribution in [1.82, 2.24) is 9.80 Å². The van der Waals surface area contributed by atoms with Crippen LogP contribution < -0.4 is 4.90 Å². The van der Waals surface area contributed by atoms with Crippen molar-refractivity contribution in [3.05, 3.63) is 29.8 Å². The number of piperidine rings is 2. The van der Waals surface area contributed by atoms with Gasteiger partial charge >= 0.3 is 0 Å². The SMILES string of the molecule is O=C(C1CCN(CCC(=O)N2CCc3ccccc32)CC1)N1CCCCC1. The number of rotatable bonds is 4. The zero-order valence-electron chi connectivity index (χ0n) is 16.2. The van der Waals surface area contributed by atoms with Gasteiger partial charge in [-0.25, -0.2) is 0 Å². The van der Waals surface area contributed by atoms with Gasteiger partial charge in [0.1, 0.15) is 0 Å². The highest BCUT2D eigenvalue weighted by atomic mass is 16.2. The van der Waals surface area contributed by atoms with Crippen molar-refractivity contribution >= 4 is 17.5 Å². The number of anilines is 1. The summed E-state index contributed by atoms with van der Waals surface area (Å²) in [6.07, 6.45) is 6.99. The second kappa shape index (κ2) is 8.42. The van der Waals surface area contributed by atoms with E-state index in [1.165, 1.54) is 12.0 Å². The smallest absolute Gasteiger partial charge is 0.228 e. The first-order valence-corrected chi connectivity index (χ1v) is 10.6. The fourth-order valence-electron chi connectivity index (χ4n) is 4.76. The number of likely N-dealkylation sites (tertiary alicyclic amines) is 2. The van der Waals surface area contributed by atoms with Crippen molar-refractivity contribution < 1.29 is 9.59 Å². The Kier molecular flexibility index (Phi) is 5.77. The molecular formula is C22H31N3O2. The van der Waals surface area contributed by atoms with Gasteiger partial charge in [-0.15, -0.1) is 0 Å². The molecule has 2 fully saturated rings. The first-order valence-electron chi connectivity index (χ1n) is 10.6. The largest absolute Gasteiger partial charge is 0.342 e. The molecule has 5 nitrogen and oxygen atoms in total. The zero-order valence-corrected chi connectivity index (χ0v) is 16.2. The normalized spacial score (nSPS) is 21.3. The minimum absolute atomic E-state index is 0.195. The molecule has 146 valence electrons. The van der Waals surface area contributed by atoms with Crippen LogP contribution in [0.25, 0.3) is 0 Å². The van der Waals surface area contributed by atoms with Crippen molar-refractivity contribution in [3.63, 3.8) is 0 Å². The third-order valence-corrected chi connectivity index (χ3v) is 6.43. The molecule has 0 bridgehead atoms. The monoisotopic (exact) mass is 369 g/mol. The van der Waals surface area contributed by atoms with Crippen LogP contribution in [0.1, 0.15) is 44.1 Å². The molecule has 0 radical (unpaired) electrons. The van der Waals surface area contributed by atoms with Gasteiger partial charge in [-0.1, -0.05) is 18.2 Å². The maximum Gasteiger partial charge on any atom is 0.228 e. The molecule has 2 amide bonds. The Balaban J connectivity index is 1.22. The Morgan fingerprint density at radius 3 is 2.44 bits per heavy atom. The minimum Gasteiger partial charge on any atom is -0.342 e. The van der Waals surface area contributed by atoms with Gasteiger partial charge in [0.25, 0.3) is 0 Å². The molecular weight excluding hydrogens is 338 g/mol. The van der Waals surface area contributed by atoms with E-state index in [-0.39, 0.29) is 11.8 Å². The Hall–Kier alpha value is -1.88. The first kappa shape index (κ1) is 18.5. The van der Waals surface area contributed by atoms with Crippen LogP contribution in [0.4, 0.5) is 5.69 Å². The second-order valence-corrected chi connectivity index (χ2v) is 8.18. The molecule has 1 aromatic rings. The number of hydrogen-bond acceptors (Lipinski definition) is 3. The predicted octanol–water partition coefficient (Wildman–Crippen LogP) is 2.69. The molecule has 0 spiro atoms. The summed E-state index contributed by atoms with van der Waals surface area (Å²) in [6.45, 7) is 5.39. The average Bonchev–Trinajstić information content (AvgIpc) is 3.17. The van der Waals surface area contributed by atoms with Gasteiger partial charge in [0, 0.05) is 44.2 Å². The molecule has 4 rings (SSSR count). The topological polar surface area (TPSA) is 43.9 Å². The second-order valence-electron chi connectivity index (χ2n) is 8.18. The van der Waals surface area contributed by atoms with Gasteiger partial charge in [0.2, 0.25) is 11.8 Å². The van der Waals surface area contributed by atoms with E-state index >= 15 is 0 Å². The number of carbonyl (C=O) groups is 2. The summed E-state index contributed by atoms with van der Waals surface area (Å²) in [6, 6.07) is 8.22. The summed E-state index contributed by atoms with van der Waals surface area (Å²) in [5.41, 5.74) is 2.37. The van der Waals surface area contributed by atoms with Crippen molar-refractivity contribution in [2.45, 2.75) is 44.9 Å². The number of nitrogens with zero attached hydrogens (tertiary/aromatic N) is 3. The number of hydrogen-bond donors (Lipinski definition) is 0. The molecule has 3 heterocycles. The summed E-state index contributed by atoms with van der Waals surface area (Å²) in [5, 5.41) is 0. The van der Waals surface area contributed by atoms with E-state index in [4.69, 9.17) is 0 Å². The molecule has 1 aromatic carbocycles. The van der Waals surface area contributed by atoms with E-state index in [1.807, 2.05) is 17.0 Å². The van der Waals surface area contributed by atoms with Crippen molar-refractivity contribution in [2.75, 3.05) is 44.2 Å². The van der Waals surface area contributed by atoms with Gasteiger partial charge in [0.15, 0.2) is 0 Å². The van der Waals surface area contributed by atoms with Gasteiger partial charge < -0.3 is 14.7 Å². The molecule has 0 unspecified atom stereocenters. The Morgan fingerprint density at radius 2 is 1.67 bits per heavy atom. The highest BCUT2D eigenvalue weighted by Gasteiger charge is 2.30. The molecule has 0 N–H and O–H groups in total. The number of benzene rings is 1. The van der Waals surface area contributed by atoms with E-state index in [1.54, 1.807) is 0 Å². The summed E-state index contributed by atoms with van der Waals surface area (Å²) in [4.78, 5) is 31.7. The summed E-state index contributed by atoms with van der Waals surface area (Å²) < 4.78 is 0. The van der Waals surface area contributed by atoms with Crippen molar-refractivity contribution in [2.24, 2.45) is 5.92 Å². The summed E-state index contributed by atoms with van der Waals surface area (Å²) in [5.74, 6) is 0.797. The molecule has 3 aliphatic rings. The van der Waals surface area contributed by atoms with Gasteiger partial charge in [-0.2, -0.15) is 0 Å². The van der Waals surface area contributed by atoms with Crippen LogP contribution in [0.2, 0.25) is 0 Å². The van der Waals surface area contributed by atoms with Crippen LogP contribution in [0.3, 0.4) is 0 Å². The molecule has 0 atom stereocenters. The molecule has 3 aliphatic heterocycles. The van der Waals surface area contributed by atoms with Crippen LogP contribution >= 0.6 is 0 Å². The molecule has 5 heteroatoms. The Morgan fingerprint density at radius 1 is 0.926 bits per heavy atom. The number of carbonyl (C=O) groups excluding carboxylic acids is 2. The maximum absolute atomic E-state index is 12.7. The number of amides is 2. The highest BCUT2D eigenvalue weighted by molar-refractivity contribution is 5.95. The van der Waals surface area contributed by atoms with E-state index < -0.39 is 0 Å². The van der Waals surface area contributed by atoms with Crippen molar-refractivity contribution in [1.29, 1.82) is 0 Å². The van der Waals surface area contributed by atoms with Gasteiger partial charge in [-0.3, -0.25) is 9.59 Å². The number of fused-ring (bicyclic) bond motifs is 1. The van der Waals surface area contributed by atoms with Crippen molar-refractivity contribution in [3.8, 4) is 0 Å². The lowest BCUT2D eigenvalue weighted by molar-refractivity contribution is -0.138. The third kappa shape index (κ3) is 4.18. The molecule has 2 saturated heterocycles. The quantitative estimate of drug-likeness (QED) is 0.820. The van der Waals surface area contributed by atoms with E-state index in [9.17, 15) is 9.59 Å².